The Morgan fingerprint density at radius 2 is 1.60 bits per heavy atom. The molecule has 244 valence electrons. The van der Waals surface area contributed by atoms with E-state index in [2.05, 4.69) is 10.6 Å². The first-order valence-corrected chi connectivity index (χ1v) is 18.0. The highest BCUT2D eigenvalue weighted by atomic mass is 35.5. The summed E-state index contributed by atoms with van der Waals surface area (Å²) in [5, 5.41) is 16.5. The highest BCUT2D eigenvalue weighted by Gasteiger charge is 2.29. The molecule has 1 fully saturated rings. The van der Waals surface area contributed by atoms with Crippen molar-refractivity contribution in [2.75, 3.05) is 67.1 Å². The second-order valence-corrected chi connectivity index (χ2v) is 15.4. The third-order valence-corrected chi connectivity index (χ3v) is 10.9. The SMILES string of the molecule is CN(c1ccc(CNCC(O)CN)cc1C(=O)Nc1ccc(S(=O)(=O)N2CCN(c3cc(Cl)cc(Cl)c3)CC2)cc1)S(C)(=O)=O. The van der Waals surface area contributed by atoms with Gasteiger partial charge < -0.3 is 26.4 Å². The van der Waals surface area contributed by atoms with Crippen molar-refractivity contribution in [1.29, 1.82) is 0 Å². The molecule has 5 N–H and O–H groups in total. The van der Waals surface area contributed by atoms with Crippen molar-refractivity contribution in [1.82, 2.24) is 9.62 Å². The Hall–Kier alpha value is -2.95. The molecule has 0 radical (unpaired) electrons. The number of sulfonamides is 2. The molecular weight excluding hydrogens is 663 g/mol. The quantitative estimate of drug-likeness (QED) is 0.222. The molecule has 0 aliphatic carbocycles. The van der Waals surface area contributed by atoms with Crippen LogP contribution in [0, 0.1) is 0 Å². The minimum absolute atomic E-state index is 0.0741. The van der Waals surface area contributed by atoms with Crippen LogP contribution in [0.1, 0.15) is 15.9 Å². The molecule has 1 heterocycles. The van der Waals surface area contributed by atoms with Gasteiger partial charge >= 0.3 is 0 Å². The van der Waals surface area contributed by atoms with Crippen LogP contribution in [0.15, 0.2) is 65.6 Å². The Morgan fingerprint density at radius 1 is 0.978 bits per heavy atom. The van der Waals surface area contributed by atoms with E-state index in [1.807, 2.05) is 4.90 Å². The van der Waals surface area contributed by atoms with Gasteiger partial charge in [0.1, 0.15) is 0 Å². The van der Waals surface area contributed by atoms with Crippen molar-refractivity contribution in [2.45, 2.75) is 17.5 Å². The van der Waals surface area contributed by atoms with Crippen LogP contribution < -0.4 is 25.6 Å². The van der Waals surface area contributed by atoms with Gasteiger partial charge in [0.2, 0.25) is 20.0 Å². The third-order valence-electron chi connectivity index (χ3n) is 7.32. The molecule has 1 amide bonds. The summed E-state index contributed by atoms with van der Waals surface area (Å²) >= 11 is 12.2. The van der Waals surface area contributed by atoms with E-state index in [9.17, 15) is 26.7 Å². The maximum Gasteiger partial charge on any atom is 0.257 e. The number of carbonyl (C=O) groups is 1. The molecule has 0 aromatic heterocycles. The van der Waals surface area contributed by atoms with Crippen molar-refractivity contribution < 1.29 is 26.7 Å². The summed E-state index contributed by atoms with van der Waals surface area (Å²) in [6.07, 6.45) is 0.304. The molecule has 0 bridgehead atoms. The number of piperazine rings is 1. The van der Waals surface area contributed by atoms with Gasteiger partial charge in [-0.1, -0.05) is 29.3 Å². The van der Waals surface area contributed by atoms with E-state index >= 15 is 0 Å². The number of nitrogens with one attached hydrogen (secondary N) is 2. The number of nitrogens with zero attached hydrogens (tertiary/aromatic N) is 3. The zero-order valence-electron chi connectivity index (χ0n) is 24.8. The summed E-state index contributed by atoms with van der Waals surface area (Å²) in [6, 6.07) is 15.8. The summed E-state index contributed by atoms with van der Waals surface area (Å²) in [5.41, 5.74) is 7.52. The minimum atomic E-state index is -3.80. The lowest BCUT2D eigenvalue weighted by atomic mass is 10.1. The van der Waals surface area contributed by atoms with Gasteiger partial charge in [-0.15, -0.1) is 0 Å². The van der Waals surface area contributed by atoms with E-state index in [1.54, 1.807) is 30.3 Å². The monoisotopic (exact) mass is 698 g/mol. The van der Waals surface area contributed by atoms with Gasteiger partial charge in [0.25, 0.3) is 5.91 Å². The lowest BCUT2D eigenvalue weighted by molar-refractivity contribution is 0.102. The number of rotatable bonds is 12. The zero-order chi connectivity index (χ0) is 32.9. The second kappa shape index (κ2) is 14.6. The Kier molecular flexibility index (Phi) is 11.4. The zero-order valence-corrected chi connectivity index (χ0v) is 27.9. The molecule has 1 saturated heterocycles. The first kappa shape index (κ1) is 34.9. The van der Waals surface area contributed by atoms with Crippen LogP contribution in [0.4, 0.5) is 17.1 Å². The Labute approximate surface area is 273 Å². The Bertz CT molecular complexity index is 1710. The molecule has 1 aliphatic rings. The number of aliphatic hydroxyl groups is 1. The van der Waals surface area contributed by atoms with E-state index in [1.165, 1.54) is 41.7 Å². The fourth-order valence-corrected chi connectivity index (χ4v) is 7.21. The van der Waals surface area contributed by atoms with E-state index in [-0.39, 0.29) is 42.3 Å². The summed E-state index contributed by atoms with van der Waals surface area (Å²) < 4.78 is 53.7. The van der Waals surface area contributed by atoms with Crippen LogP contribution in [0.2, 0.25) is 10.0 Å². The second-order valence-electron chi connectivity index (χ2n) is 10.6. The van der Waals surface area contributed by atoms with E-state index in [4.69, 9.17) is 28.9 Å². The molecule has 45 heavy (non-hydrogen) atoms. The van der Waals surface area contributed by atoms with Crippen molar-refractivity contribution in [3.8, 4) is 0 Å². The Morgan fingerprint density at radius 3 is 2.18 bits per heavy atom. The summed E-state index contributed by atoms with van der Waals surface area (Å²) in [7, 11) is -6.14. The maximum atomic E-state index is 13.4. The normalized spacial score (nSPS) is 15.1. The number of aliphatic hydroxyl groups excluding tert-OH is 1. The highest BCUT2D eigenvalue weighted by molar-refractivity contribution is 7.92. The van der Waals surface area contributed by atoms with Crippen LogP contribution >= 0.6 is 23.2 Å². The van der Waals surface area contributed by atoms with Crippen molar-refractivity contribution in [3.05, 3.63) is 81.8 Å². The van der Waals surface area contributed by atoms with Crippen LogP contribution in [-0.4, -0.2) is 90.8 Å². The first-order chi connectivity index (χ1) is 21.2. The van der Waals surface area contributed by atoms with Gasteiger partial charge in [0.05, 0.1) is 28.5 Å². The van der Waals surface area contributed by atoms with Crippen molar-refractivity contribution in [3.63, 3.8) is 0 Å². The smallest absolute Gasteiger partial charge is 0.257 e. The number of anilines is 3. The number of hydrogen-bond donors (Lipinski definition) is 4. The van der Waals surface area contributed by atoms with E-state index < -0.39 is 32.1 Å². The predicted octanol–water partition coefficient (Wildman–Crippen LogP) is 2.56. The third kappa shape index (κ3) is 8.86. The topological polar surface area (TPSA) is 165 Å². The summed E-state index contributed by atoms with van der Waals surface area (Å²) in [6.45, 7) is 2.07. The standard InChI is InChI=1S/C29H36Cl2N6O6S2/c1-35(44(2,40)41)28-8-3-20(18-33-19-25(38)17-32)13-27(28)29(39)34-23-4-6-26(7-5-23)45(42,43)37-11-9-36(10-12-37)24-15-21(30)14-22(31)16-24/h3-8,13-16,25,33,38H,9-12,17-19,32H2,1-2H3,(H,34,39). The molecule has 3 aromatic carbocycles. The molecule has 4 rings (SSSR count). The fraction of sp³-hybridized carbons (Fsp3) is 0.345. The summed E-state index contributed by atoms with van der Waals surface area (Å²) in [4.78, 5) is 15.5. The maximum absolute atomic E-state index is 13.4. The van der Waals surface area contributed by atoms with Gasteiger partial charge in [-0.05, 0) is 60.2 Å². The lowest BCUT2D eigenvalue weighted by Gasteiger charge is -2.35. The average Bonchev–Trinajstić information content (AvgIpc) is 3.00. The molecule has 1 atom stereocenters. The van der Waals surface area contributed by atoms with Gasteiger partial charge in [0.15, 0.2) is 0 Å². The van der Waals surface area contributed by atoms with E-state index in [0.717, 1.165) is 16.2 Å². The number of nitrogens with two attached hydrogens (primary N) is 1. The molecular formula is C29H36Cl2N6O6S2. The largest absolute Gasteiger partial charge is 0.390 e. The molecule has 1 unspecified atom stereocenters. The fourth-order valence-electron chi connectivity index (χ4n) is 4.76. The highest BCUT2D eigenvalue weighted by Crippen LogP contribution is 2.28. The van der Waals surface area contributed by atoms with E-state index in [0.29, 0.717) is 40.9 Å². The van der Waals surface area contributed by atoms with Crippen LogP contribution in [0.25, 0.3) is 0 Å². The number of halogens is 2. The molecule has 0 spiro atoms. The number of benzene rings is 3. The molecule has 3 aromatic rings. The summed E-state index contributed by atoms with van der Waals surface area (Å²) in [5.74, 6) is -0.586. The molecule has 12 nitrogen and oxygen atoms in total. The van der Waals surface area contributed by atoms with Gasteiger partial charge in [-0.25, -0.2) is 16.8 Å². The molecule has 1 aliphatic heterocycles. The minimum Gasteiger partial charge on any atom is -0.390 e. The lowest BCUT2D eigenvalue weighted by Crippen LogP contribution is -2.48. The number of carbonyl (C=O) groups excluding carboxylic acids is 1. The van der Waals surface area contributed by atoms with Gasteiger partial charge in [-0.3, -0.25) is 9.10 Å². The van der Waals surface area contributed by atoms with Gasteiger partial charge in [0, 0.05) is 74.3 Å². The predicted molar refractivity (Wildman–Crippen MR) is 178 cm³/mol. The van der Waals surface area contributed by atoms with Crippen LogP contribution in [0.3, 0.4) is 0 Å². The van der Waals surface area contributed by atoms with Crippen LogP contribution in [-0.2, 0) is 26.6 Å². The van der Waals surface area contributed by atoms with Crippen molar-refractivity contribution >= 4 is 66.2 Å². The van der Waals surface area contributed by atoms with Crippen LogP contribution in [0.5, 0.6) is 0 Å². The molecule has 16 heteroatoms. The van der Waals surface area contributed by atoms with Crippen molar-refractivity contribution in [2.24, 2.45) is 5.73 Å². The number of hydrogen-bond acceptors (Lipinski definition) is 9. The Balaban J connectivity index is 1.47. The molecule has 0 saturated carbocycles. The van der Waals surface area contributed by atoms with Gasteiger partial charge in [-0.2, -0.15) is 4.31 Å². The first-order valence-electron chi connectivity index (χ1n) is 14.0. The average molecular weight is 700 g/mol. The number of amides is 1.